The van der Waals surface area contributed by atoms with Crippen molar-refractivity contribution >= 4 is 32.6 Å². The van der Waals surface area contributed by atoms with Crippen molar-refractivity contribution in [3.05, 3.63) is 48.2 Å². The normalized spacial score (nSPS) is 11.5. The van der Waals surface area contributed by atoms with E-state index in [1.54, 1.807) is 6.07 Å². The summed E-state index contributed by atoms with van der Waals surface area (Å²) in [6.07, 6.45) is -3.27. The molecule has 0 bridgehead atoms. The average Bonchev–Trinajstić information content (AvgIpc) is 2.94. The Morgan fingerprint density at radius 2 is 2.00 bits per heavy atom. The number of carbonyl (C=O) groups is 1. The van der Waals surface area contributed by atoms with Crippen LogP contribution in [0.25, 0.3) is 10.2 Å². The van der Waals surface area contributed by atoms with Crippen molar-refractivity contribution in [2.24, 2.45) is 0 Å². The number of aromatic nitrogens is 2. The predicted octanol–water partition coefficient (Wildman–Crippen LogP) is 3.88. The van der Waals surface area contributed by atoms with Gasteiger partial charge in [-0.2, -0.15) is 13.2 Å². The van der Waals surface area contributed by atoms with E-state index in [1.165, 1.54) is 29.7 Å². The van der Waals surface area contributed by atoms with Gasteiger partial charge in [-0.3, -0.25) is 10.1 Å². The number of carbonyl (C=O) groups excluding carboxylic acids is 1. The molecule has 0 spiro atoms. The Morgan fingerprint density at radius 3 is 2.75 bits per heavy atom. The van der Waals surface area contributed by atoms with Gasteiger partial charge in [0.1, 0.15) is 5.56 Å². The van der Waals surface area contributed by atoms with E-state index in [0.717, 1.165) is 10.2 Å². The van der Waals surface area contributed by atoms with Crippen LogP contribution < -0.4 is 10.1 Å². The number of nitrogens with one attached hydrogen (secondary N) is 1. The molecule has 0 saturated carbocycles. The third kappa shape index (κ3) is 3.80. The number of alkyl halides is 3. The van der Waals surface area contributed by atoms with Gasteiger partial charge in [0.25, 0.3) is 5.91 Å². The molecule has 24 heavy (non-hydrogen) atoms. The van der Waals surface area contributed by atoms with Gasteiger partial charge in [0, 0.05) is 6.20 Å². The molecule has 1 N–H and O–H groups in total. The number of rotatable bonds is 4. The maximum atomic E-state index is 12.3. The first-order chi connectivity index (χ1) is 11.4. The molecule has 5 nitrogen and oxygen atoms in total. The molecule has 3 rings (SSSR count). The number of amides is 1. The molecule has 0 saturated heterocycles. The van der Waals surface area contributed by atoms with Crippen molar-refractivity contribution in [1.82, 2.24) is 9.97 Å². The van der Waals surface area contributed by atoms with Crippen LogP contribution in [-0.4, -0.2) is 28.7 Å². The summed E-state index contributed by atoms with van der Waals surface area (Å²) in [6, 6.07) is 10.1. The fraction of sp³-hybridized carbons (Fsp3) is 0.133. The first-order valence-electron chi connectivity index (χ1n) is 6.74. The predicted molar refractivity (Wildman–Crippen MR) is 83.4 cm³/mol. The van der Waals surface area contributed by atoms with Crippen LogP contribution in [0.5, 0.6) is 5.88 Å². The second kappa shape index (κ2) is 6.44. The number of ether oxygens (including phenoxy) is 1. The lowest BCUT2D eigenvalue weighted by Gasteiger charge is -2.11. The second-order valence-corrected chi connectivity index (χ2v) is 5.73. The zero-order chi connectivity index (χ0) is 17.2. The Labute approximate surface area is 138 Å². The van der Waals surface area contributed by atoms with E-state index >= 15 is 0 Å². The Hall–Kier alpha value is -2.68. The maximum Gasteiger partial charge on any atom is 0.422 e. The van der Waals surface area contributed by atoms with Crippen LogP contribution in [0.1, 0.15) is 10.4 Å². The fourth-order valence-corrected chi connectivity index (χ4v) is 2.78. The average molecular weight is 353 g/mol. The van der Waals surface area contributed by atoms with E-state index in [9.17, 15) is 18.0 Å². The zero-order valence-corrected chi connectivity index (χ0v) is 12.8. The van der Waals surface area contributed by atoms with E-state index in [0.29, 0.717) is 5.13 Å². The highest BCUT2D eigenvalue weighted by atomic mass is 32.1. The summed E-state index contributed by atoms with van der Waals surface area (Å²) in [5, 5.41) is 2.89. The van der Waals surface area contributed by atoms with Gasteiger partial charge in [-0.1, -0.05) is 23.5 Å². The van der Waals surface area contributed by atoms with Crippen molar-refractivity contribution in [3.8, 4) is 5.88 Å². The van der Waals surface area contributed by atoms with Gasteiger partial charge >= 0.3 is 6.18 Å². The van der Waals surface area contributed by atoms with Crippen LogP contribution in [0, 0.1) is 0 Å². The molecular weight excluding hydrogens is 343 g/mol. The van der Waals surface area contributed by atoms with Crippen molar-refractivity contribution in [1.29, 1.82) is 0 Å². The number of pyridine rings is 1. The van der Waals surface area contributed by atoms with E-state index < -0.39 is 18.7 Å². The number of fused-ring (bicyclic) bond motifs is 1. The summed E-state index contributed by atoms with van der Waals surface area (Å²) < 4.78 is 42.3. The van der Waals surface area contributed by atoms with Crippen LogP contribution in [0.4, 0.5) is 18.3 Å². The molecule has 0 aliphatic carbocycles. The van der Waals surface area contributed by atoms with Gasteiger partial charge in [0.2, 0.25) is 5.88 Å². The number of hydrogen-bond acceptors (Lipinski definition) is 5. The number of thiazole rings is 1. The zero-order valence-electron chi connectivity index (χ0n) is 12.0. The largest absolute Gasteiger partial charge is 0.467 e. The van der Waals surface area contributed by atoms with Crippen LogP contribution >= 0.6 is 11.3 Å². The molecule has 2 heterocycles. The van der Waals surface area contributed by atoms with Gasteiger partial charge in [0.05, 0.1) is 10.2 Å². The van der Waals surface area contributed by atoms with Crippen LogP contribution in [0.15, 0.2) is 42.6 Å². The Morgan fingerprint density at radius 1 is 1.21 bits per heavy atom. The monoisotopic (exact) mass is 353 g/mol. The molecule has 124 valence electrons. The van der Waals surface area contributed by atoms with Crippen molar-refractivity contribution in [3.63, 3.8) is 0 Å². The summed E-state index contributed by atoms with van der Waals surface area (Å²) in [5.74, 6) is -1.02. The number of hydrogen-bond donors (Lipinski definition) is 1. The minimum Gasteiger partial charge on any atom is -0.467 e. The maximum absolute atomic E-state index is 12.3. The number of nitrogens with zero attached hydrogens (tertiary/aromatic N) is 2. The van der Waals surface area contributed by atoms with E-state index in [4.69, 9.17) is 0 Å². The summed E-state index contributed by atoms with van der Waals surface area (Å²) in [4.78, 5) is 20.2. The summed E-state index contributed by atoms with van der Waals surface area (Å²) in [7, 11) is 0. The first kappa shape index (κ1) is 16.2. The topological polar surface area (TPSA) is 64.1 Å². The molecule has 0 unspecified atom stereocenters. The standard InChI is InChI=1S/C15H10F3N3O2S/c16-15(17,18)8-23-13-9(4-3-7-19-13)12(22)21-14-20-10-5-1-2-6-11(10)24-14/h1-7H,8H2,(H,20,21,22). The van der Waals surface area contributed by atoms with E-state index in [-0.39, 0.29) is 11.4 Å². The highest BCUT2D eigenvalue weighted by Crippen LogP contribution is 2.27. The SMILES string of the molecule is O=C(Nc1nc2ccccc2s1)c1cccnc1OCC(F)(F)F. The van der Waals surface area contributed by atoms with Crippen LogP contribution in [0.2, 0.25) is 0 Å². The highest BCUT2D eigenvalue weighted by Gasteiger charge is 2.29. The van der Waals surface area contributed by atoms with Crippen LogP contribution in [-0.2, 0) is 0 Å². The van der Waals surface area contributed by atoms with Crippen molar-refractivity contribution in [2.45, 2.75) is 6.18 Å². The molecule has 1 aromatic carbocycles. The molecule has 0 fully saturated rings. The number of halogens is 3. The van der Waals surface area contributed by atoms with Crippen molar-refractivity contribution < 1.29 is 22.7 Å². The highest BCUT2D eigenvalue weighted by molar-refractivity contribution is 7.22. The van der Waals surface area contributed by atoms with Gasteiger partial charge < -0.3 is 4.74 Å². The first-order valence-corrected chi connectivity index (χ1v) is 7.55. The lowest BCUT2D eigenvalue weighted by molar-refractivity contribution is -0.154. The minimum absolute atomic E-state index is 0.0963. The summed E-state index contributed by atoms with van der Waals surface area (Å²) in [6.45, 7) is -1.52. The smallest absolute Gasteiger partial charge is 0.422 e. The quantitative estimate of drug-likeness (QED) is 0.773. The summed E-state index contributed by atoms with van der Waals surface area (Å²) in [5.41, 5.74) is 0.624. The lowest BCUT2D eigenvalue weighted by Crippen LogP contribution is -2.21. The number of anilines is 1. The van der Waals surface area contributed by atoms with E-state index in [1.807, 2.05) is 18.2 Å². The van der Waals surface area contributed by atoms with Gasteiger partial charge in [-0.25, -0.2) is 9.97 Å². The van der Waals surface area contributed by atoms with Gasteiger partial charge in [-0.15, -0.1) is 0 Å². The molecule has 2 aromatic heterocycles. The third-order valence-corrected chi connectivity index (χ3v) is 3.85. The van der Waals surface area contributed by atoms with E-state index in [2.05, 4.69) is 20.0 Å². The third-order valence-electron chi connectivity index (χ3n) is 2.90. The van der Waals surface area contributed by atoms with Gasteiger partial charge in [-0.05, 0) is 24.3 Å². The Balaban J connectivity index is 1.79. The second-order valence-electron chi connectivity index (χ2n) is 4.70. The van der Waals surface area contributed by atoms with Crippen LogP contribution in [0.3, 0.4) is 0 Å². The Kier molecular flexibility index (Phi) is 4.34. The number of benzene rings is 1. The summed E-state index contributed by atoms with van der Waals surface area (Å²) >= 11 is 1.26. The molecule has 1 amide bonds. The van der Waals surface area contributed by atoms with Gasteiger partial charge in [0.15, 0.2) is 11.7 Å². The Bertz CT molecular complexity index is 847. The molecular formula is C15H10F3N3O2S. The molecule has 0 atom stereocenters. The molecule has 3 aromatic rings. The number of para-hydroxylation sites is 1. The molecule has 0 aliphatic heterocycles. The molecule has 0 aliphatic rings. The van der Waals surface area contributed by atoms with Crippen molar-refractivity contribution in [2.75, 3.05) is 11.9 Å². The molecule has 9 heteroatoms. The fourth-order valence-electron chi connectivity index (χ4n) is 1.92. The lowest BCUT2D eigenvalue weighted by atomic mass is 10.2. The minimum atomic E-state index is -4.52. The molecule has 0 radical (unpaired) electrons.